The first-order valence-corrected chi connectivity index (χ1v) is 8.28. The predicted molar refractivity (Wildman–Crippen MR) is 87.3 cm³/mol. The monoisotopic (exact) mass is 352 g/mol. The number of ketones is 1. The quantitative estimate of drug-likeness (QED) is 0.789. The van der Waals surface area contributed by atoms with Gasteiger partial charge in [-0.25, -0.2) is 0 Å². The summed E-state index contributed by atoms with van der Waals surface area (Å²) in [6, 6.07) is 6.47. The zero-order valence-electron chi connectivity index (χ0n) is 13.8. The molecule has 0 unspecified atom stereocenters. The van der Waals surface area contributed by atoms with E-state index in [-0.39, 0.29) is 23.9 Å². The summed E-state index contributed by atoms with van der Waals surface area (Å²) in [5.74, 6) is -2.03. The molecule has 0 spiro atoms. The smallest absolute Gasteiger partial charge is 0.338 e. The van der Waals surface area contributed by atoms with Crippen LogP contribution in [0.4, 0.5) is 13.2 Å². The maximum atomic E-state index is 12.8. The molecule has 2 heterocycles. The number of amides is 1. The van der Waals surface area contributed by atoms with Crippen LogP contribution in [0.15, 0.2) is 30.5 Å². The van der Waals surface area contributed by atoms with Gasteiger partial charge in [0.1, 0.15) is 6.54 Å². The van der Waals surface area contributed by atoms with Crippen LogP contribution in [0.5, 0.6) is 0 Å². The summed E-state index contributed by atoms with van der Waals surface area (Å²) in [6.45, 7) is 2.56. The number of hydrogen-bond acceptors (Lipinski definition) is 2. The average Bonchev–Trinajstić information content (AvgIpc) is 2.92. The lowest BCUT2D eigenvalue weighted by molar-refractivity contribution is -0.135. The van der Waals surface area contributed by atoms with Crippen LogP contribution < -0.4 is 0 Å². The molecule has 0 aliphatic carbocycles. The molecule has 25 heavy (non-hydrogen) atoms. The van der Waals surface area contributed by atoms with Crippen molar-refractivity contribution in [2.24, 2.45) is 0 Å². The van der Waals surface area contributed by atoms with Crippen LogP contribution in [0, 0.1) is 0 Å². The summed E-state index contributed by atoms with van der Waals surface area (Å²) in [7, 11) is 0. The minimum absolute atomic E-state index is 0.0734. The van der Waals surface area contributed by atoms with Gasteiger partial charge in [0.25, 0.3) is 5.78 Å². The summed E-state index contributed by atoms with van der Waals surface area (Å²) < 4.78 is 40.0. The van der Waals surface area contributed by atoms with Crippen molar-refractivity contribution in [1.29, 1.82) is 0 Å². The van der Waals surface area contributed by atoms with E-state index in [1.807, 2.05) is 6.92 Å². The number of para-hydroxylation sites is 1. The van der Waals surface area contributed by atoms with Gasteiger partial charge < -0.3 is 9.47 Å². The minimum atomic E-state index is -4.94. The lowest BCUT2D eigenvalue weighted by Crippen LogP contribution is -2.43. The lowest BCUT2D eigenvalue weighted by atomic mass is 10.0. The Kier molecular flexibility index (Phi) is 4.58. The number of alkyl halides is 3. The fraction of sp³-hybridized carbons (Fsp3) is 0.444. The van der Waals surface area contributed by atoms with Crippen molar-refractivity contribution in [3.05, 3.63) is 36.0 Å². The first kappa shape index (κ1) is 17.5. The second-order valence-electron chi connectivity index (χ2n) is 6.45. The highest BCUT2D eigenvalue weighted by atomic mass is 19.4. The largest absolute Gasteiger partial charge is 0.454 e. The van der Waals surface area contributed by atoms with E-state index in [0.29, 0.717) is 12.1 Å². The average molecular weight is 352 g/mol. The number of nitrogens with zero attached hydrogens (tertiary/aromatic N) is 2. The molecule has 1 fully saturated rings. The molecule has 1 atom stereocenters. The molecule has 4 nitrogen and oxygen atoms in total. The van der Waals surface area contributed by atoms with Gasteiger partial charge >= 0.3 is 6.18 Å². The number of benzene rings is 1. The maximum Gasteiger partial charge on any atom is 0.454 e. The number of piperidine rings is 1. The standard InChI is InChI=1S/C18H19F3N2O2/c1-12-6-4-5-9-23(12)16(24)11-22-10-14(17(25)18(19,20)21)13-7-2-3-8-15(13)22/h2-3,7-8,10,12H,4-6,9,11H2,1H3/t12-/m0/s1. The summed E-state index contributed by atoms with van der Waals surface area (Å²) in [5.41, 5.74) is 0.0377. The van der Waals surface area contributed by atoms with Crippen LogP contribution in [0.2, 0.25) is 0 Å². The highest BCUT2D eigenvalue weighted by Crippen LogP contribution is 2.29. The van der Waals surface area contributed by atoms with E-state index in [9.17, 15) is 22.8 Å². The Balaban J connectivity index is 1.94. The van der Waals surface area contributed by atoms with Crippen molar-refractivity contribution in [3.8, 4) is 0 Å². The van der Waals surface area contributed by atoms with Gasteiger partial charge in [0.2, 0.25) is 5.91 Å². The third-order valence-corrected chi connectivity index (χ3v) is 4.72. The van der Waals surface area contributed by atoms with Gasteiger partial charge in [0, 0.05) is 29.7 Å². The Labute approximate surface area is 143 Å². The zero-order valence-corrected chi connectivity index (χ0v) is 13.8. The molecular formula is C18H19F3N2O2. The van der Waals surface area contributed by atoms with Gasteiger partial charge in [0.05, 0.1) is 5.56 Å². The Bertz CT molecular complexity index is 810. The van der Waals surface area contributed by atoms with Crippen LogP contribution in [0.1, 0.15) is 36.5 Å². The molecule has 134 valence electrons. The summed E-state index contributed by atoms with van der Waals surface area (Å²) in [5, 5.41) is 0.212. The summed E-state index contributed by atoms with van der Waals surface area (Å²) in [6.07, 6.45) is -0.870. The Morgan fingerprint density at radius 3 is 2.60 bits per heavy atom. The first-order valence-electron chi connectivity index (χ1n) is 8.28. The van der Waals surface area contributed by atoms with Gasteiger partial charge in [-0.2, -0.15) is 13.2 Å². The van der Waals surface area contributed by atoms with Crippen molar-refractivity contribution in [1.82, 2.24) is 9.47 Å². The minimum Gasteiger partial charge on any atom is -0.338 e. The van der Waals surface area contributed by atoms with Gasteiger partial charge in [0.15, 0.2) is 0 Å². The van der Waals surface area contributed by atoms with Crippen LogP contribution >= 0.6 is 0 Å². The number of halogens is 3. The highest BCUT2D eigenvalue weighted by Gasteiger charge is 2.41. The van der Waals surface area contributed by atoms with E-state index < -0.39 is 17.5 Å². The number of Topliss-reactive ketones (excluding diaryl/α,β-unsaturated/α-hetero) is 1. The molecule has 3 rings (SSSR count). The molecule has 1 amide bonds. The van der Waals surface area contributed by atoms with E-state index >= 15 is 0 Å². The van der Waals surface area contributed by atoms with Gasteiger partial charge in [-0.3, -0.25) is 9.59 Å². The Morgan fingerprint density at radius 2 is 1.92 bits per heavy atom. The SMILES string of the molecule is C[C@H]1CCCCN1C(=O)Cn1cc(C(=O)C(F)(F)F)c2ccccc21. The molecule has 1 aliphatic heterocycles. The van der Waals surface area contributed by atoms with Crippen molar-refractivity contribution >= 4 is 22.6 Å². The maximum absolute atomic E-state index is 12.8. The number of hydrogen-bond donors (Lipinski definition) is 0. The molecule has 0 saturated carbocycles. The first-order chi connectivity index (χ1) is 11.8. The van der Waals surface area contributed by atoms with Gasteiger partial charge in [-0.1, -0.05) is 18.2 Å². The second-order valence-corrected chi connectivity index (χ2v) is 6.45. The fourth-order valence-electron chi connectivity index (χ4n) is 3.42. The van der Waals surface area contributed by atoms with E-state index in [4.69, 9.17) is 0 Å². The topological polar surface area (TPSA) is 42.3 Å². The molecule has 7 heteroatoms. The third-order valence-electron chi connectivity index (χ3n) is 4.72. The molecule has 2 aromatic rings. The van der Waals surface area contributed by atoms with Crippen molar-refractivity contribution in [2.45, 2.75) is 44.9 Å². The second kappa shape index (κ2) is 6.54. The van der Waals surface area contributed by atoms with E-state index in [1.165, 1.54) is 10.6 Å². The summed E-state index contributed by atoms with van der Waals surface area (Å²) >= 11 is 0. The number of aromatic nitrogens is 1. The molecule has 0 radical (unpaired) electrons. The normalized spacial score (nSPS) is 18.6. The molecule has 0 bridgehead atoms. The van der Waals surface area contributed by atoms with Crippen molar-refractivity contribution < 1.29 is 22.8 Å². The molecule has 1 aromatic heterocycles. The van der Waals surface area contributed by atoms with Crippen molar-refractivity contribution in [2.75, 3.05) is 6.54 Å². The Morgan fingerprint density at radius 1 is 1.20 bits per heavy atom. The fourth-order valence-corrected chi connectivity index (χ4v) is 3.42. The lowest BCUT2D eigenvalue weighted by Gasteiger charge is -2.33. The molecule has 1 aliphatic rings. The van der Waals surface area contributed by atoms with E-state index in [1.54, 1.807) is 23.1 Å². The predicted octanol–water partition coefficient (Wildman–Crippen LogP) is 3.79. The van der Waals surface area contributed by atoms with Crippen molar-refractivity contribution in [3.63, 3.8) is 0 Å². The third kappa shape index (κ3) is 3.41. The zero-order chi connectivity index (χ0) is 18.2. The molecular weight excluding hydrogens is 333 g/mol. The number of carbonyl (C=O) groups excluding carboxylic acids is 2. The van der Waals surface area contributed by atoms with Crippen LogP contribution in [0.25, 0.3) is 10.9 Å². The van der Waals surface area contributed by atoms with Crippen LogP contribution in [-0.4, -0.2) is 39.9 Å². The Hall–Kier alpha value is -2.31. The van der Waals surface area contributed by atoms with Crippen LogP contribution in [0.3, 0.4) is 0 Å². The van der Waals surface area contributed by atoms with Gasteiger partial charge in [-0.15, -0.1) is 0 Å². The van der Waals surface area contributed by atoms with Crippen LogP contribution in [-0.2, 0) is 11.3 Å². The number of likely N-dealkylation sites (tertiary alicyclic amines) is 1. The number of fused-ring (bicyclic) bond motifs is 1. The summed E-state index contributed by atoms with van der Waals surface area (Å²) in [4.78, 5) is 26.1. The number of carbonyl (C=O) groups is 2. The molecule has 1 saturated heterocycles. The number of rotatable bonds is 3. The highest BCUT2D eigenvalue weighted by molar-refractivity contribution is 6.10. The molecule has 1 aromatic carbocycles. The van der Waals surface area contributed by atoms with E-state index in [0.717, 1.165) is 25.5 Å². The molecule has 0 N–H and O–H groups in total. The van der Waals surface area contributed by atoms with E-state index in [2.05, 4.69) is 0 Å². The van der Waals surface area contributed by atoms with Gasteiger partial charge in [-0.05, 0) is 32.3 Å².